The average Bonchev–Trinajstić information content (AvgIpc) is 3.33. The van der Waals surface area contributed by atoms with Gasteiger partial charge >= 0.3 is 6.09 Å². The van der Waals surface area contributed by atoms with E-state index in [4.69, 9.17) is 24.4 Å². The summed E-state index contributed by atoms with van der Waals surface area (Å²) in [5.41, 5.74) is 6.00. The van der Waals surface area contributed by atoms with Crippen molar-refractivity contribution in [3.63, 3.8) is 0 Å². The number of nitrogens with one attached hydrogen (secondary N) is 2. The molecule has 2 saturated heterocycles. The van der Waals surface area contributed by atoms with Gasteiger partial charge in [0.1, 0.15) is 28.8 Å². The number of amides is 1. The van der Waals surface area contributed by atoms with E-state index in [2.05, 4.69) is 48.8 Å². The first-order chi connectivity index (χ1) is 16.8. The van der Waals surface area contributed by atoms with Crippen LogP contribution in [-0.2, 0) is 18.6 Å². The molecule has 0 spiro atoms. The lowest BCUT2D eigenvalue weighted by atomic mass is 10.0. The van der Waals surface area contributed by atoms with Crippen LogP contribution in [0.3, 0.4) is 0 Å². The van der Waals surface area contributed by atoms with Gasteiger partial charge in [0, 0.05) is 11.8 Å². The smallest absolute Gasteiger partial charge is 0.411 e. The fraction of sp³-hybridized carbons (Fsp3) is 0.720. The summed E-state index contributed by atoms with van der Waals surface area (Å²) in [6.07, 6.45) is 0.128. The molecule has 4 N–H and O–H groups in total. The van der Waals surface area contributed by atoms with Crippen LogP contribution in [0.15, 0.2) is 11.0 Å². The number of ether oxygens (including phenoxy) is 3. The van der Waals surface area contributed by atoms with Gasteiger partial charge in [-0.05, 0) is 52.8 Å². The van der Waals surface area contributed by atoms with Crippen LogP contribution in [0.4, 0.5) is 10.7 Å². The van der Waals surface area contributed by atoms with Gasteiger partial charge in [0.25, 0.3) is 5.56 Å². The zero-order valence-electron chi connectivity index (χ0n) is 23.5. The highest BCUT2D eigenvalue weighted by Crippen LogP contribution is 2.49. The second-order valence-electron chi connectivity index (χ2n) is 13.0. The molecule has 0 radical (unpaired) electrons. The van der Waals surface area contributed by atoms with Crippen LogP contribution >= 0.6 is 0 Å². The van der Waals surface area contributed by atoms with Crippen LogP contribution in [0.5, 0.6) is 0 Å². The number of rotatable bonds is 4. The summed E-state index contributed by atoms with van der Waals surface area (Å²) in [5.74, 6) is -0.891. The number of hydrogen-bond acceptors (Lipinski definition) is 8. The molecular formula is C25H41N5O6Si. The maximum absolute atomic E-state index is 13.8. The van der Waals surface area contributed by atoms with Crippen molar-refractivity contribution in [1.82, 2.24) is 19.9 Å². The number of H-pyrrole nitrogens is 2. The molecule has 2 fully saturated rings. The maximum atomic E-state index is 13.8. The Morgan fingerprint density at radius 3 is 2.41 bits per heavy atom. The van der Waals surface area contributed by atoms with Gasteiger partial charge in [0.15, 0.2) is 14.1 Å². The Kier molecular flexibility index (Phi) is 6.58. The normalized spacial score (nSPS) is 26.1. The van der Waals surface area contributed by atoms with Crippen LogP contribution < -0.4 is 11.3 Å². The number of carbonyl (C=O) groups is 1. The van der Waals surface area contributed by atoms with Gasteiger partial charge in [0.05, 0.1) is 18.7 Å². The quantitative estimate of drug-likeness (QED) is 0.498. The number of nitrogens with two attached hydrogens (primary N) is 1. The third-order valence-electron chi connectivity index (χ3n) is 7.44. The van der Waals surface area contributed by atoms with Gasteiger partial charge in [-0.2, -0.15) is 0 Å². The van der Waals surface area contributed by atoms with Gasteiger partial charge in [-0.3, -0.25) is 14.7 Å². The first-order valence-corrected chi connectivity index (χ1v) is 15.6. The highest BCUT2D eigenvalue weighted by Gasteiger charge is 2.61. The number of nitrogen functional groups attached to an aromatic ring is 1. The lowest BCUT2D eigenvalue weighted by Crippen LogP contribution is -2.50. The number of carbonyl (C=O) groups excluding carboxylic acids is 1. The zero-order valence-corrected chi connectivity index (χ0v) is 24.5. The van der Waals surface area contributed by atoms with E-state index >= 15 is 0 Å². The number of fused-ring (bicyclic) bond motifs is 2. The van der Waals surface area contributed by atoms with Crippen molar-refractivity contribution in [2.45, 2.75) is 109 Å². The van der Waals surface area contributed by atoms with Gasteiger partial charge in [-0.15, -0.1) is 0 Å². The first-order valence-electron chi connectivity index (χ1n) is 12.7. The molecule has 4 atom stereocenters. The van der Waals surface area contributed by atoms with Crippen molar-refractivity contribution in [3.05, 3.63) is 22.1 Å². The summed E-state index contributed by atoms with van der Waals surface area (Å²) < 4.78 is 25.2. The summed E-state index contributed by atoms with van der Waals surface area (Å²) in [7, 11) is -2.17. The molecule has 1 amide bonds. The van der Waals surface area contributed by atoms with E-state index in [1.54, 1.807) is 11.1 Å². The second kappa shape index (κ2) is 8.82. The van der Waals surface area contributed by atoms with Gasteiger partial charge in [-0.1, -0.05) is 20.8 Å². The Balaban J connectivity index is 1.84. The summed E-state index contributed by atoms with van der Waals surface area (Å²) in [6.45, 7) is 20.3. The highest BCUT2D eigenvalue weighted by atomic mass is 28.4. The van der Waals surface area contributed by atoms with Crippen LogP contribution in [0.25, 0.3) is 11.0 Å². The minimum atomic E-state index is -2.17. The van der Waals surface area contributed by atoms with Crippen LogP contribution in [0.2, 0.25) is 18.1 Å². The van der Waals surface area contributed by atoms with E-state index < -0.39 is 55.6 Å². The lowest BCUT2D eigenvalue weighted by molar-refractivity contribution is -0.168. The number of anilines is 1. The molecule has 0 aliphatic carbocycles. The molecule has 4 heterocycles. The molecule has 12 heteroatoms. The Hall–Kier alpha value is -2.41. The molecule has 2 aliphatic heterocycles. The molecule has 4 unspecified atom stereocenters. The predicted molar refractivity (Wildman–Crippen MR) is 143 cm³/mol. The number of nitrogens with zero attached hydrogens (tertiary/aromatic N) is 2. The monoisotopic (exact) mass is 535 g/mol. The van der Waals surface area contributed by atoms with E-state index in [-0.39, 0.29) is 23.1 Å². The molecule has 4 rings (SSSR count). The Labute approximate surface area is 218 Å². The molecule has 206 valence electrons. The molecule has 11 nitrogen and oxygen atoms in total. The molecule has 2 aromatic rings. The molecule has 0 saturated carbocycles. The van der Waals surface area contributed by atoms with Gasteiger partial charge in [-0.25, -0.2) is 9.78 Å². The Bertz CT molecular complexity index is 1240. The van der Waals surface area contributed by atoms with Crippen LogP contribution in [0, 0.1) is 0 Å². The van der Waals surface area contributed by atoms with Crippen molar-refractivity contribution in [2.75, 3.05) is 12.3 Å². The van der Waals surface area contributed by atoms with Crippen LogP contribution in [-0.4, -0.2) is 70.5 Å². The minimum absolute atomic E-state index is 0.0153. The van der Waals surface area contributed by atoms with Gasteiger partial charge in [0.2, 0.25) is 5.95 Å². The zero-order chi connectivity index (χ0) is 27.7. The standard InChI is InChI=1S/C25H41N5O6Si/c1-23(2,3)36-22(32)30-14(12-33-37(9,10)24(4,5)6)18-19(35-25(7,8)34-18)17(30)13-11-27-16-15(13)28-21(26)29-20(16)31/h11,14,17-19,27H,12H2,1-10H3,(H3,26,28,29,31). The van der Waals surface area contributed by atoms with Crippen molar-refractivity contribution < 1.29 is 23.4 Å². The summed E-state index contributed by atoms with van der Waals surface area (Å²) in [5, 5.41) is -0.0211. The minimum Gasteiger partial charge on any atom is -0.444 e. The number of aromatic nitrogens is 3. The third kappa shape index (κ3) is 5.16. The lowest BCUT2D eigenvalue weighted by Gasteiger charge is -2.39. The summed E-state index contributed by atoms with van der Waals surface area (Å²) in [6, 6.07) is -1.15. The van der Waals surface area contributed by atoms with Crippen LogP contribution in [0.1, 0.15) is 67.0 Å². The second-order valence-corrected chi connectivity index (χ2v) is 17.8. The third-order valence-corrected chi connectivity index (χ3v) is 11.9. The van der Waals surface area contributed by atoms with Crippen molar-refractivity contribution >= 4 is 31.4 Å². The van der Waals surface area contributed by atoms with Crippen molar-refractivity contribution in [1.29, 1.82) is 0 Å². The molecule has 0 bridgehead atoms. The van der Waals surface area contributed by atoms with E-state index in [9.17, 15) is 9.59 Å². The summed E-state index contributed by atoms with van der Waals surface area (Å²) in [4.78, 5) is 37.9. The number of hydrogen-bond donors (Lipinski definition) is 3. The van der Waals surface area contributed by atoms with Gasteiger partial charge < -0.3 is 29.4 Å². The van der Waals surface area contributed by atoms with Crippen molar-refractivity contribution in [2.24, 2.45) is 0 Å². The molecule has 2 aromatic heterocycles. The highest BCUT2D eigenvalue weighted by molar-refractivity contribution is 6.74. The largest absolute Gasteiger partial charge is 0.444 e. The molecular weight excluding hydrogens is 494 g/mol. The predicted octanol–water partition coefficient (Wildman–Crippen LogP) is 4.04. The number of aromatic amines is 2. The van der Waals surface area contributed by atoms with Crippen molar-refractivity contribution in [3.8, 4) is 0 Å². The molecule has 0 aromatic carbocycles. The first kappa shape index (κ1) is 27.6. The topological polar surface area (TPSA) is 145 Å². The molecule has 2 aliphatic rings. The van der Waals surface area contributed by atoms with E-state index in [1.165, 1.54) is 0 Å². The fourth-order valence-corrected chi connectivity index (χ4v) is 5.76. The number of likely N-dealkylation sites (tertiary alicyclic amines) is 1. The average molecular weight is 536 g/mol. The van der Waals surface area contributed by atoms with E-state index in [0.717, 1.165) is 0 Å². The fourth-order valence-electron chi connectivity index (χ4n) is 4.73. The summed E-state index contributed by atoms with van der Waals surface area (Å²) >= 11 is 0. The van der Waals surface area contributed by atoms with E-state index in [0.29, 0.717) is 11.1 Å². The molecule has 37 heavy (non-hydrogen) atoms. The maximum Gasteiger partial charge on any atom is 0.411 e. The van der Waals surface area contributed by atoms with E-state index in [1.807, 2.05) is 34.6 Å². The SMILES string of the molecule is CC(C)(C)OC(=O)N1C(CO[Si](C)(C)C(C)(C)C)C2OC(C)(C)OC2C1c1c[nH]c2c(=O)[nH]c(N)nc12. The Morgan fingerprint density at radius 2 is 1.81 bits per heavy atom. The Morgan fingerprint density at radius 1 is 1.19 bits per heavy atom.